The molecule has 4 nitrogen and oxygen atoms in total. The van der Waals surface area contributed by atoms with Gasteiger partial charge >= 0.3 is 0 Å². The topological polar surface area (TPSA) is 35.6 Å². The van der Waals surface area contributed by atoms with Gasteiger partial charge in [-0.05, 0) is 19.2 Å². The van der Waals surface area contributed by atoms with E-state index in [1.807, 2.05) is 24.9 Å². The van der Waals surface area contributed by atoms with E-state index < -0.39 is 0 Å². The maximum atomic E-state index is 12.2. The molecule has 0 aliphatic carbocycles. The molecular formula is C15H25Cl2N3O. The van der Waals surface area contributed by atoms with Crippen molar-refractivity contribution in [1.29, 1.82) is 0 Å². The first-order valence-corrected chi connectivity index (χ1v) is 6.95. The Labute approximate surface area is 139 Å². The fourth-order valence-corrected chi connectivity index (χ4v) is 2.53. The van der Waals surface area contributed by atoms with Crippen LogP contribution in [0.2, 0.25) is 0 Å². The number of halogens is 2. The fourth-order valence-electron chi connectivity index (χ4n) is 2.53. The Hall–Kier alpha value is -0.970. The number of hydrogen-bond donors (Lipinski definition) is 1. The highest BCUT2D eigenvalue weighted by molar-refractivity contribution is 5.85. The third kappa shape index (κ3) is 5.38. The van der Waals surface area contributed by atoms with Gasteiger partial charge in [0.15, 0.2) is 0 Å². The molecule has 1 saturated heterocycles. The lowest BCUT2D eigenvalue weighted by atomic mass is 10.1. The molecule has 6 heteroatoms. The van der Waals surface area contributed by atoms with Gasteiger partial charge in [-0.15, -0.1) is 24.8 Å². The number of carbonyl (C=O) groups is 1. The van der Waals surface area contributed by atoms with Gasteiger partial charge < -0.3 is 15.1 Å². The van der Waals surface area contributed by atoms with Gasteiger partial charge in [0, 0.05) is 44.3 Å². The highest BCUT2D eigenvalue weighted by atomic mass is 35.5. The number of amides is 1. The van der Waals surface area contributed by atoms with Gasteiger partial charge in [0.25, 0.3) is 0 Å². The van der Waals surface area contributed by atoms with Crippen molar-refractivity contribution in [3.8, 4) is 0 Å². The lowest BCUT2D eigenvalue weighted by Gasteiger charge is -2.37. The van der Waals surface area contributed by atoms with Crippen LogP contribution in [-0.4, -0.2) is 50.6 Å². The van der Waals surface area contributed by atoms with Gasteiger partial charge in [0.05, 0.1) is 0 Å². The van der Waals surface area contributed by atoms with Crippen LogP contribution < -0.4 is 10.2 Å². The number of nitrogens with one attached hydrogen (secondary N) is 1. The number of para-hydroxylation sites is 1. The van der Waals surface area contributed by atoms with Gasteiger partial charge in [-0.2, -0.15) is 0 Å². The fraction of sp³-hybridized carbons (Fsp3) is 0.533. The monoisotopic (exact) mass is 333 g/mol. The van der Waals surface area contributed by atoms with Crippen LogP contribution in [0.3, 0.4) is 0 Å². The highest BCUT2D eigenvalue weighted by Crippen LogP contribution is 2.16. The lowest BCUT2D eigenvalue weighted by molar-refractivity contribution is -0.135. The zero-order valence-corrected chi connectivity index (χ0v) is 14.3. The summed E-state index contributed by atoms with van der Waals surface area (Å²) in [5.74, 6) is 0.329. The summed E-state index contributed by atoms with van der Waals surface area (Å²) in [5, 5.41) is 3.06. The third-order valence-electron chi connectivity index (χ3n) is 3.64. The van der Waals surface area contributed by atoms with Gasteiger partial charge in [-0.3, -0.25) is 4.79 Å². The van der Waals surface area contributed by atoms with Crippen molar-refractivity contribution in [2.45, 2.75) is 6.92 Å². The molecule has 1 aromatic rings. The quantitative estimate of drug-likeness (QED) is 0.915. The minimum Gasteiger partial charge on any atom is -0.368 e. The van der Waals surface area contributed by atoms with Crippen LogP contribution in [0.15, 0.2) is 30.3 Å². The molecule has 1 N–H and O–H groups in total. The van der Waals surface area contributed by atoms with E-state index in [1.165, 1.54) is 5.69 Å². The Kier molecular flexibility index (Phi) is 9.42. The third-order valence-corrected chi connectivity index (χ3v) is 3.64. The zero-order chi connectivity index (χ0) is 13.7. The summed E-state index contributed by atoms with van der Waals surface area (Å²) in [6.07, 6.45) is 0. The van der Waals surface area contributed by atoms with Crippen molar-refractivity contribution >= 4 is 36.4 Å². The van der Waals surface area contributed by atoms with Gasteiger partial charge in [-0.25, -0.2) is 0 Å². The first-order chi connectivity index (χ1) is 9.22. The Morgan fingerprint density at radius 2 is 1.71 bits per heavy atom. The predicted molar refractivity (Wildman–Crippen MR) is 92.8 cm³/mol. The molecular weight excluding hydrogens is 309 g/mol. The molecule has 1 unspecified atom stereocenters. The standard InChI is InChI=1S/C15H23N3O.2ClH/c1-13(12-16-2)15(19)18-10-8-17(9-11-18)14-6-4-3-5-7-14;;/h3-7,13,16H,8-12H2,1-2H3;2*1H. The van der Waals surface area contributed by atoms with Crippen LogP contribution in [0.4, 0.5) is 5.69 Å². The van der Waals surface area contributed by atoms with E-state index in [0.717, 1.165) is 32.7 Å². The molecule has 1 amide bonds. The maximum absolute atomic E-state index is 12.2. The molecule has 1 heterocycles. The smallest absolute Gasteiger partial charge is 0.226 e. The van der Waals surface area contributed by atoms with Gasteiger partial charge in [0.1, 0.15) is 0 Å². The number of carbonyl (C=O) groups excluding carboxylic acids is 1. The lowest BCUT2D eigenvalue weighted by Crippen LogP contribution is -2.51. The van der Waals surface area contributed by atoms with Crippen LogP contribution in [-0.2, 0) is 4.79 Å². The molecule has 2 rings (SSSR count). The molecule has 0 aromatic heterocycles. The van der Waals surface area contributed by atoms with Crippen molar-refractivity contribution < 1.29 is 4.79 Å². The predicted octanol–water partition coefficient (Wildman–Crippen LogP) is 2.03. The summed E-state index contributed by atoms with van der Waals surface area (Å²) in [6.45, 7) is 6.22. The summed E-state index contributed by atoms with van der Waals surface area (Å²) < 4.78 is 0. The second kappa shape index (κ2) is 9.87. The molecule has 120 valence electrons. The zero-order valence-electron chi connectivity index (χ0n) is 12.6. The Morgan fingerprint density at radius 1 is 1.14 bits per heavy atom. The summed E-state index contributed by atoms with van der Waals surface area (Å²) >= 11 is 0. The summed E-state index contributed by atoms with van der Waals surface area (Å²) in [6, 6.07) is 10.4. The summed E-state index contributed by atoms with van der Waals surface area (Å²) in [4.78, 5) is 16.5. The highest BCUT2D eigenvalue weighted by Gasteiger charge is 2.24. The normalized spacial score (nSPS) is 15.7. The number of piperazine rings is 1. The Bertz CT molecular complexity index is 409. The average molecular weight is 334 g/mol. The van der Waals surface area contributed by atoms with Gasteiger partial charge in [0.2, 0.25) is 5.91 Å². The van der Waals surface area contributed by atoms with E-state index in [-0.39, 0.29) is 36.6 Å². The van der Waals surface area contributed by atoms with E-state index in [2.05, 4.69) is 34.5 Å². The average Bonchev–Trinajstić information content (AvgIpc) is 2.48. The van der Waals surface area contributed by atoms with Crippen LogP contribution >= 0.6 is 24.8 Å². The van der Waals surface area contributed by atoms with Crippen LogP contribution in [0.5, 0.6) is 0 Å². The van der Waals surface area contributed by atoms with E-state index in [4.69, 9.17) is 0 Å². The van der Waals surface area contributed by atoms with Crippen molar-refractivity contribution in [3.05, 3.63) is 30.3 Å². The summed E-state index contributed by atoms with van der Waals surface area (Å²) in [5.41, 5.74) is 1.25. The first-order valence-electron chi connectivity index (χ1n) is 6.95. The molecule has 0 bridgehead atoms. The minimum atomic E-state index is 0. The SMILES string of the molecule is CNCC(C)C(=O)N1CCN(c2ccccc2)CC1.Cl.Cl. The second-order valence-electron chi connectivity index (χ2n) is 5.11. The number of benzene rings is 1. The molecule has 1 fully saturated rings. The Balaban J connectivity index is 0.00000200. The van der Waals surface area contributed by atoms with Crippen LogP contribution in [0, 0.1) is 5.92 Å². The molecule has 0 radical (unpaired) electrons. The molecule has 0 spiro atoms. The summed E-state index contributed by atoms with van der Waals surface area (Å²) in [7, 11) is 1.89. The largest absolute Gasteiger partial charge is 0.368 e. The van der Waals surface area contributed by atoms with E-state index in [9.17, 15) is 4.79 Å². The van der Waals surface area contributed by atoms with Gasteiger partial charge in [-0.1, -0.05) is 25.1 Å². The van der Waals surface area contributed by atoms with Crippen molar-refractivity contribution in [2.75, 3.05) is 44.7 Å². The minimum absolute atomic E-state index is 0. The Morgan fingerprint density at radius 3 is 2.24 bits per heavy atom. The van der Waals surface area contributed by atoms with Crippen LogP contribution in [0.25, 0.3) is 0 Å². The van der Waals surface area contributed by atoms with E-state index in [0.29, 0.717) is 0 Å². The van der Waals surface area contributed by atoms with Crippen molar-refractivity contribution in [2.24, 2.45) is 5.92 Å². The van der Waals surface area contributed by atoms with Crippen molar-refractivity contribution in [1.82, 2.24) is 10.2 Å². The van der Waals surface area contributed by atoms with Crippen LogP contribution in [0.1, 0.15) is 6.92 Å². The number of anilines is 1. The van der Waals surface area contributed by atoms with E-state index in [1.54, 1.807) is 0 Å². The number of hydrogen-bond acceptors (Lipinski definition) is 3. The molecule has 21 heavy (non-hydrogen) atoms. The van der Waals surface area contributed by atoms with Crippen molar-refractivity contribution in [3.63, 3.8) is 0 Å². The number of nitrogens with zero attached hydrogens (tertiary/aromatic N) is 2. The molecule has 1 aliphatic rings. The van der Waals surface area contributed by atoms with E-state index >= 15 is 0 Å². The number of rotatable bonds is 4. The molecule has 1 atom stereocenters. The molecule has 1 aromatic carbocycles. The molecule has 1 aliphatic heterocycles. The maximum Gasteiger partial charge on any atom is 0.226 e. The molecule has 0 saturated carbocycles. The second-order valence-corrected chi connectivity index (χ2v) is 5.11. The first kappa shape index (κ1) is 20.0.